The molecule has 0 amide bonds. The largest absolute Gasteiger partial charge is 0.707 e. The molecule has 66 valence electrons. The van der Waals surface area contributed by atoms with Gasteiger partial charge in [-0.25, -0.2) is 9.65 Å². The molecule has 0 spiro atoms. The molecule has 0 aliphatic rings. The number of hydrogen-bond donors (Lipinski definition) is 1. The van der Waals surface area contributed by atoms with Crippen molar-refractivity contribution < 1.29 is 22.5 Å². The van der Waals surface area contributed by atoms with Crippen LogP contribution in [-0.4, -0.2) is 21.3 Å². The van der Waals surface area contributed by atoms with Crippen molar-refractivity contribution in [2.75, 3.05) is 21.3 Å². The van der Waals surface area contributed by atoms with Gasteiger partial charge in [0.1, 0.15) is 0 Å². The minimum absolute atomic E-state index is 1.17. The Morgan fingerprint density at radius 1 is 1.45 bits per heavy atom. The van der Waals surface area contributed by atoms with E-state index in [1.54, 1.807) is 0 Å². The Morgan fingerprint density at radius 2 is 2.00 bits per heavy atom. The van der Waals surface area contributed by atoms with Crippen LogP contribution in [-0.2, 0) is 22.5 Å². The third-order valence-electron chi connectivity index (χ3n) is 0.837. The standard InChI is InChI=1S/C3H10NO5P2/c1-4-11(6,8-3)9-10(5)7-2/h1-3H3,(H,4,6)/q+1. The average Bonchev–Trinajstić information content (AvgIpc) is 2.04. The lowest BCUT2D eigenvalue weighted by molar-refractivity contribution is 0.285. The van der Waals surface area contributed by atoms with Crippen molar-refractivity contribution in [3.8, 4) is 0 Å². The minimum Gasteiger partial charge on any atom is -0.298 e. The van der Waals surface area contributed by atoms with E-state index in [9.17, 15) is 9.13 Å². The average molecular weight is 202 g/mol. The van der Waals surface area contributed by atoms with Gasteiger partial charge in [0.25, 0.3) is 0 Å². The summed E-state index contributed by atoms with van der Waals surface area (Å²) in [5.74, 6) is 0. The monoisotopic (exact) mass is 202 g/mol. The molecule has 0 aromatic heterocycles. The molecule has 0 saturated heterocycles. The molecule has 0 aliphatic carbocycles. The molecule has 0 heterocycles. The normalized spacial score (nSPS) is 17.5. The van der Waals surface area contributed by atoms with Crippen LogP contribution in [0, 0.1) is 0 Å². The second-order valence-electron chi connectivity index (χ2n) is 1.39. The molecule has 6 nitrogen and oxygen atoms in total. The summed E-state index contributed by atoms with van der Waals surface area (Å²) < 4.78 is 34.7. The molecule has 0 fully saturated rings. The van der Waals surface area contributed by atoms with Gasteiger partial charge >= 0.3 is 16.0 Å². The van der Waals surface area contributed by atoms with Crippen LogP contribution in [0.2, 0.25) is 0 Å². The van der Waals surface area contributed by atoms with Crippen LogP contribution < -0.4 is 5.09 Å². The zero-order valence-electron chi connectivity index (χ0n) is 6.44. The van der Waals surface area contributed by atoms with E-state index in [-0.39, 0.29) is 0 Å². The summed E-state index contributed by atoms with van der Waals surface area (Å²) in [6.07, 6.45) is 0. The van der Waals surface area contributed by atoms with Crippen molar-refractivity contribution >= 4 is 16.0 Å². The lowest BCUT2D eigenvalue weighted by atomic mass is 11.6. The lowest BCUT2D eigenvalue weighted by Crippen LogP contribution is -2.04. The highest BCUT2D eigenvalue weighted by atomic mass is 31.2. The van der Waals surface area contributed by atoms with Crippen LogP contribution in [0.3, 0.4) is 0 Å². The van der Waals surface area contributed by atoms with Crippen LogP contribution in [0.4, 0.5) is 0 Å². The molecule has 0 bridgehead atoms. The number of nitrogens with one attached hydrogen (secondary N) is 1. The van der Waals surface area contributed by atoms with Crippen LogP contribution >= 0.6 is 16.0 Å². The van der Waals surface area contributed by atoms with E-state index in [0.717, 1.165) is 0 Å². The highest BCUT2D eigenvalue weighted by Crippen LogP contribution is 2.50. The fourth-order valence-electron chi connectivity index (χ4n) is 0.287. The highest BCUT2D eigenvalue weighted by Gasteiger charge is 2.35. The lowest BCUT2D eigenvalue weighted by Gasteiger charge is -2.04. The molecular weight excluding hydrogens is 192 g/mol. The maximum atomic E-state index is 11.1. The molecule has 0 aliphatic heterocycles. The second-order valence-corrected chi connectivity index (χ2v) is 4.66. The molecule has 0 aromatic rings. The van der Waals surface area contributed by atoms with Gasteiger partial charge in [0.05, 0.1) is 7.11 Å². The van der Waals surface area contributed by atoms with E-state index in [1.165, 1.54) is 21.3 Å². The summed E-state index contributed by atoms with van der Waals surface area (Å²) in [7, 11) is -2.08. The van der Waals surface area contributed by atoms with E-state index in [0.29, 0.717) is 0 Å². The first-order valence-corrected chi connectivity index (χ1v) is 5.27. The Balaban J connectivity index is 4.09. The van der Waals surface area contributed by atoms with Crippen molar-refractivity contribution in [1.82, 2.24) is 5.09 Å². The Kier molecular flexibility index (Phi) is 5.01. The molecule has 2 unspecified atom stereocenters. The van der Waals surface area contributed by atoms with Gasteiger partial charge in [0, 0.05) is 11.7 Å². The van der Waals surface area contributed by atoms with Crippen molar-refractivity contribution in [3.05, 3.63) is 0 Å². The van der Waals surface area contributed by atoms with E-state index in [4.69, 9.17) is 0 Å². The van der Waals surface area contributed by atoms with Gasteiger partial charge in [0.15, 0.2) is 0 Å². The number of hydrogen-bond acceptors (Lipinski definition) is 5. The first kappa shape index (κ1) is 11.2. The minimum atomic E-state index is -3.41. The summed E-state index contributed by atoms with van der Waals surface area (Å²) in [5, 5.41) is 2.24. The Hall–Kier alpha value is 0.170. The maximum Gasteiger partial charge on any atom is 0.707 e. The van der Waals surface area contributed by atoms with E-state index in [1.807, 2.05) is 0 Å². The summed E-state index contributed by atoms with van der Waals surface area (Å²) in [6.45, 7) is 0. The van der Waals surface area contributed by atoms with Crippen LogP contribution in [0.15, 0.2) is 0 Å². The van der Waals surface area contributed by atoms with Crippen molar-refractivity contribution in [2.24, 2.45) is 0 Å². The molecule has 2 atom stereocenters. The zero-order chi connectivity index (χ0) is 8.91. The third kappa shape index (κ3) is 3.91. The van der Waals surface area contributed by atoms with Crippen molar-refractivity contribution in [3.63, 3.8) is 0 Å². The fourth-order valence-corrected chi connectivity index (χ4v) is 2.03. The van der Waals surface area contributed by atoms with Crippen LogP contribution in [0.1, 0.15) is 0 Å². The molecule has 0 saturated carbocycles. The first-order chi connectivity index (χ1) is 5.08. The van der Waals surface area contributed by atoms with Gasteiger partial charge in [-0.3, -0.25) is 4.52 Å². The summed E-state index contributed by atoms with van der Waals surface area (Å²) in [4.78, 5) is 0. The summed E-state index contributed by atoms with van der Waals surface area (Å²) in [6, 6.07) is 0. The van der Waals surface area contributed by atoms with Crippen molar-refractivity contribution in [2.45, 2.75) is 0 Å². The topological polar surface area (TPSA) is 73.9 Å². The van der Waals surface area contributed by atoms with Gasteiger partial charge < -0.3 is 0 Å². The quantitative estimate of drug-likeness (QED) is 0.677. The first-order valence-electron chi connectivity index (χ1n) is 2.64. The van der Waals surface area contributed by atoms with E-state index < -0.39 is 16.0 Å². The molecular formula is C3H10NO5P2+. The SMILES string of the molecule is CNP(=O)(OC)O[P+](=O)OC. The predicted molar refractivity (Wildman–Crippen MR) is 39.4 cm³/mol. The Labute approximate surface area is 65.8 Å². The molecule has 8 heteroatoms. The molecule has 11 heavy (non-hydrogen) atoms. The van der Waals surface area contributed by atoms with Crippen LogP contribution in [0.5, 0.6) is 0 Å². The third-order valence-corrected chi connectivity index (χ3v) is 3.56. The van der Waals surface area contributed by atoms with Gasteiger partial charge in [0.2, 0.25) is 0 Å². The highest BCUT2D eigenvalue weighted by molar-refractivity contribution is 7.58. The van der Waals surface area contributed by atoms with Crippen molar-refractivity contribution in [1.29, 1.82) is 0 Å². The summed E-state index contributed by atoms with van der Waals surface area (Å²) in [5.41, 5.74) is 0. The van der Waals surface area contributed by atoms with Crippen LogP contribution in [0.25, 0.3) is 0 Å². The van der Waals surface area contributed by atoms with Gasteiger partial charge in [-0.2, -0.15) is 0 Å². The smallest absolute Gasteiger partial charge is 0.298 e. The Morgan fingerprint density at radius 3 is 2.27 bits per heavy atom. The number of rotatable bonds is 5. The summed E-state index contributed by atoms with van der Waals surface area (Å²) >= 11 is 0. The molecule has 0 aromatic carbocycles. The molecule has 1 N–H and O–H groups in total. The second kappa shape index (κ2) is 4.93. The Bertz CT molecular complexity index is 175. The predicted octanol–water partition coefficient (Wildman–Crippen LogP) is 1.28. The van der Waals surface area contributed by atoms with E-state index >= 15 is 0 Å². The molecule has 0 rings (SSSR count). The van der Waals surface area contributed by atoms with Gasteiger partial charge in [-0.1, -0.05) is 0 Å². The maximum absolute atomic E-state index is 11.1. The fraction of sp³-hybridized carbons (Fsp3) is 1.00. The zero-order valence-corrected chi connectivity index (χ0v) is 8.22. The molecule has 0 radical (unpaired) electrons. The van der Waals surface area contributed by atoms with Gasteiger partial charge in [-0.05, 0) is 11.4 Å². The van der Waals surface area contributed by atoms with Gasteiger partial charge in [-0.15, -0.1) is 4.52 Å². The van der Waals surface area contributed by atoms with E-state index in [2.05, 4.69) is 18.4 Å².